The fourth-order valence-corrected chi connectivity index (χ4v) is 7.22. The van der Waals surface area contributed by atoms with Crippen LogP contribution in [0.1, 0.15) is 75.6 Å². The SMILES string of the molecule is CC(C)(C)[Si](C)(C)OC[C@H](c1ccc2oc([C@H](C3CCC(F)(F)CC3)N(Cc3ccccc3)C(=O)O)nc2c1)N1C[C@@H](C(F)(F)F)NC1=O. The summed E-state index contributed by atoms with van der Waals surface area (Å²) in [6, 6.07) is 8.86. The molecule has 268 valence electrons. The lowest BCUT2D eigenvalue weighted by atomic mass is 9.81. The summed E-state index contributed by atoms with van der Waals surface area (Å²) in [5.74, 6) is -3.32. The number of carbonyl (C=O) groups excluding carboxylic acids is 1. The van der Waals surface area contributed by atoms with Crippen LogP contribution in [0.15, 0.2) is 52.9 Å². The molecule has 15 heteroatoms. The van der Waals surface area contributed by atoms with Crippen molar-refractivity contribution in [3.8, 4) is 0 Å². The molecular weight excluding hydrogens is 667 g/mol. The molecule has 0 bridgehead atoms. The van der Waals surface area contributed by atoms with E-state index in [9.17, 15) is 36.6 Å². The summed E-state index contributed by atoms with van der Waals surface area (Å²) in [5, 5.41) is 12.2. The number of hydrogen-bond acceptors (Lipinski definition) is 5. The first kappa shape index (κ1) is 36.6. The van der Waals surface area contributed by atoms with Gasteiger partial charge in [-0.15, -0.1) is 0 Å². The molecule has 3 aromatic rings. The Kier molecular flexibility index (Phi) is 10.1. The van der Waals surface area contributed by atoms with E-state index in [1.54, 1.807) is 48.5 Å². The van der Waals surface area contributed by atoms with E-state index in [0.717, 1.165) is 9.80 Å². The molecule has 3 atom stereocenters. The van der Waals surface area contributed by atoms with Gasteiger partial charge in [-0.3, -0.25) is 4.90 Å². The van der Waals surface area contributed by atoms with Crippen LogP contribution in [0.4, 0.5) is 31.5 Å². The van der Waals surface area contributed by atoms with Crippen molar-refractivity contribution < 1.29 is 45.5 Å². The Bertz CT molecular complexity index is 1640. The Balaban J connectivity index is 1.53. The van der Waals surface area contributed by atoms with Gasteiger partial charge in [0.1, 0.15) is 17.6 Å². The number of carbonyl (C=O) groups is 2. The maximum Gasteiger partial charge on any atom is 0.410 e. The topological polar surface area (TPSA) is 108 Å². The number of amides is 3. The molecule has 1 saturated heterocycles. The van der Waals surface area contributed by atoms with Crippen LogP contribution in [-0.4, -0.2) is 71.6 Å². The molecule has 2 N–H and O–H groups in total. The van der Waals surface area contributed by atoms with E-state index in [1.807, 2.05) is 39.2 Å². The Labute approximate surface area is 282 Å². The minimum Gasteiger partial charge on any atom is -0.465 e. The molecule has 1 aliphatic heterocycles. The van der Waals surface area contributed by atoms with Gasteiger partial charge in [-0.25, -0.2) is 23.4 Å². The highest BCUT2D eigenvalue weighted by Gasteiger charge is 2.49. The van der Waals surface area contributed by atoms with Crippen molar-refractivity contribution >= 4 is 31.5 Å². The molecule has 2 aromatic carbocycles. The number of nitrogens with zero attached hydrogens (tertiary/aromatic N) is 3. The molecule has 2 fully saturated rings. The van der Waals surface area contributed by atoms with Crippen LogP contribution < -0.4 is 5.32 Å². The summed E-state index contributed by atoms with van der Waals surface area (Å²) in [6.07, 6.45) is -6.60. The highest BCUT2D eigenvalue weighted by Crippen LogP contribution is 2.45. The van der Waals surface area contributed by atoms with E-state index >= 15 is 0 Å². The zero-order chi connectivity index (χ0) is 35.9. The third-order valence-corrected chi connectivity index (χ3v) is 14.7. The summed E-state index contributed by atoms with van der Waals surface area (Å²) in [4.78, 5) is 32.6. The first-order valence-electron chi connectivity index (χ1n) is 16.4. The lowest BCUT2D eigenvalue weighted by molar-refractivity contribution is -0.150. The van der Waals surface area contributed by atoms with E-state index in [1.165, 1.54) is 0 Å². The van der Waals surface area contributed by atoms with Gasteiger partial charge in [0.25, 0.3) is 0 Å². The molecule has 3 amide bonds. The number of fused-ring (bicyclic) bond motifs is 1. The number of carboxylic acid groups (broad SMARTS) is 1. The van der Waals surface area contributed by atoms with E-state index in [-0.39, 0.29) is 48.0 Å². The molecule has 0 radical (unpaired) electrons. The molecule has 5 rings (SSSR count). The molecule has 1 aliphatic carbocycles. The fraction of sp³-hybridized carbons (Fsp3) is 0.559. The number of urea groups is 1. The fourth-order valence-electron chi connectivity index (χ4n) is 6.21. The smallest absolute Gasteiger partial charge is 0.410 e. The Morgan fingerprint density at radius 1 is 1.14 bits per heavy atom. The van der Waals surface area contributed by atoms with E-state index in [0.29, 0.717) is 11.1 Å². The molecule has 49 heavy (non-hydrogen) atoms. The average molecular weight is 711 g/mol. The second-order valence-electron chi connectivity index (χ2n) is 14.6. The highest BCUT2D eigenvalue weighted by atomic mass is 28.4. The van der Waals surface area contributed by atoms with Crippen LogP contribution in [0.25, 0.3) is 11.1 Å². The van der Waals surface area contributed by atoms with Gasteiger partial charge in [0, 0.05) is 19.4 Å². The maximum atomic E-state index is 14.2. The summed E-state index contributed by atoms with van der Waals surface area (Å²) in [7, 11) is -2.41. The number of hydrogen-bond donors (Lipinski definition) is 2. The molecule has 2 aliphatic rings. The first-order valence-corrected chi connectivity index (χ1v) is 19.3. The van der Waals surface area contributed by atoms with Crippen molar-refractivity contribution in [2.75, 3.05) is 13.2 Å². The van der Waals surface area contributed by atoms with Gasteiger partial charge in [0.05, 0.1) is 19.2 Å². The van der Waals surface area contributed by atoms with Crippen molar-refractivity contribution in [3.63, 3.8) is 0 Å². The Morgan fingerprint density at radius 2 is 1.80 bits per heavy atom. The van der Waals surface area contributed by atoms with E-state index in [4.69, 9.17) is 8.84 Å². The minimum atomic E-state index is -4.64. The van der Waals surface area contributed by atoms with Gasteiger partial charge in [-0.2, -0.15) is 13.2 Å². The highest BCUT2D eigenvalue weighted by molar-refractivity contribution is 6.74. The van der Waals surface area contributed by atoms with Gasteiger partial charge in [0.15, 0.2) is 13.9 Å². The quantitative estimate of drug-likeness (QED) is 0.161. The van der Waals surface area contributed by atoms with Crippen molar-refractivity contribution in [1.82, 2.24) is 20.1 Å². The monoisotopic (exact) mass is 710 g/mol. The molecule has 1 saturated carbocycles. The largest absolute Gasteiger partial charge is 0.465 e. The predicted molar refractivity (Wildman–Crippen MR) is 175 cm³/mol. The average Bonchev–Trinajstić information content (AvgIpc) is 3.61. The lowest BCUT2D eigenvalue weighted by Gasteiger charge is -2.38. The number of alkyl halides is 5. The maximum absolute atomic E-state index is 14.2. The third kappa shape index (κ3) is 8.19. The zero-order valence-corrected chi connectivity index (χ0v) is 29.2. The second kappa shape index (κ2) is 13.5. The number of aromatic nitrogens is 1. The summed E-state index contributed by atoms with van der Waals surface area (Å²) in [6.45, 7) is 9.39. The van der Waals surface area contributed by atoms with Crippen LogP contribution in [0.5, 0.6) is 0 Å². The molecule has 9 nitrogen and oxygen atoms in total. The van der Waals surface area contributed by atoms with Crippen molar-refractivity contribution in [1.29, 1.82) is 0 Å². The number of oxazole rings is 1. The first-order chi connectivity index (χ1) is 22.8. The number of benzene rings is 2. The number of rotatable bonds is 10. The minimum absolute atomic E-state index is 0.0327. The molecule has 0 unspecified atom stereocenters. The summed E-state index contributed by atoms with van der Waals surface area (Å²) >= 11 is 0. The van der Waals surface area contributed by atoms with Crippen molar-refractivity contribution in [2.45, 2.75) is 101 Å². The molecule has 0 spiro atoms. The summed E-state index contributed by atoms with van der Waals surface area (Å²) < 4.78 is 82.0. The van der Waals surface area contributed by atoms with Crippen LogP contribution >= 0.6 is 0 Å². The standard InChI is InChI=1S/C34H43F5N4O5Si/c1-32(2,3)49(4,5)47-20-25(42-19-27(34(37,38)39)41-30(42)44)23-11-12-26-24(17-23)40-29(48-26)28(22-13-15-33(35,36)16-14-22)43(31(45)46)18-21-9-7-6-8-10-21/h6-12,17,22,25,27-28H,13-16,18-20H2,1-5H3,(H,41,44)(H,45,46)/t25-,27+,28+/m1/s1. The number of nitrogens with one attached hydrogen (secondary N) is 1. The van der Waals surface area contributed by atoms with Crippen LogP contribution in [0.2, 0.25) is 18.1 Å². The van der Waals surface area contributed by atoms with Gasteiger partial charge in [-0.1, -0.05) is 57.2 Å². The Hall–Kier alpha value is -3.72. The van der Waals surface area contributed by atoms with Gasteiger partial charge in [0.2, 0.25) is 11.8 Å². The van der Waals surface area contributed by atoms with Crippen LogP contribution in [0, 0.1) is 5.92 Å². The van der Waals surface area contributed by atoms with Crippen molar-refractivity contribution in [2.24, 2.45) is 5.92 Å². The third-order valence-electron chi connectivity index (χ3n) is 10.2. The number of halogens is 5. The second-order valence-corrected chi connectivity index (χ2v) is 19.4. The van der Waals surface area contributed by atoms with Gasteiger partial charge >= 0.3 is 18.3 Å². The van der Waals surface area contributed by atoms with Crippen LogP contribution in [0.3, 0.4) is 0 Å². The van der Waals surface area contributed by atoms with E-state index < -0.39 is 76.0 Å². The normalized spacial score (nSPS) is 20.3. The molecule has 2 heterocycles. The predicted octanol–water partition coefficient (Wildman–Crippen LogP) is 8.89. The van der Waals surface area contributed by atoms with Crippen LogP contribution in [-0.2, 0) is 11.0 Å². The molecular formula is C34H43F5N4O5Si. The van der Waals surface area contributed by atoms with Gasteiger partial charge in [-0.05, 0) is 60.2 Å². The summed E-state index contributed by atoms with van der Waals surface area (Å²) in [5.41, 5.74) is 1.71. The van der Waals surface area contributed by atoms with E-state index in [2.05, 4.69) is 4.98 Å². The van der Waals surface area contributed by atoms with Crippen molar-refractivity contribution in [3.05, 3.63) is 65.5 Å². The zero-order valence-electron chi connectivity index (χ0n) is 28.2. The Morgan fingerprint density at radius 3 is 2.37 bits per heavy atom. The molecule has 1 aromatic heterocycles. The van der Waals surface area contributed by atoms with Gasteiger partial charge < -0.3 is 24.2 Å². The lowest BCUT2D eigenvalue weighted by Crippen LogP contribution is -2.44.